The van der Waals surface area contributed by atoms with E-state index in [-0.39, 0.29) is 22.9 Å². The lowest BCUT2D eigenvalue weighted by Gasteiger charge is -2.35. The van der Waals surface area contributed by atoms with Gasteiger partial charge < -0.3 is 14.5 Å². The van der Waals surface area contributed by atoms with Crippen molar-refractivity contribution in [3.63, 3.8) is 0 Å². The number of carbonyl (C=O) groups is 1. The maximum atomic E-state index is 12.9. The number of ether oxygens (including phenoxy) is 1. The third-order valence-electron chi connectivity index (χ3n) is 5.19. The molecule has 0 radical (unpaired) electrons. The van der Waals surface area contributed by atoms with Gasteiger partial charge in [0.05, 0.1) is 12.0 Å². The highest BCUT2D eigenvalue weighted by atomic mass is 16.6. The molecule has 2 aromatic carbocycles. The molecule has 0 aliphatic carbocycles. The molecule has 1 aliphatic rings. The van der Waals surface area contributed by atoms with Gasteiger partial charge in [-0.25, -0.2) is 9.97 Å². The van der Waals surface area contributed by atoms with Crippen LogP contribution in [0.15, 0.2) is 60.8 Å². The summed E-state index contributed by atoms with van der Waals surface area (Å²) in [7, 11) is 1.36. The zero-order chi connectivity index (χ0) is 21.8. The molecule has 9 heteroatoms. The number of methoxy groups -OCH3 is 1. The average Bonchev–Trinajstić information content (AvgIpc) is 2.84. The summed E-state index contributed by atoms with van der Waals surface area (Å²) in [6.07, 6.45) is 1.73. The second-order valence-electron chi connectivity index (χ2n) is 7.03. The van der Waals surface area contributed by atoms with Crippen molar-refractivity contribution in [1.82, 2.24) is 14.9 Å². The van der Waals surface area contributed by atoms with E-state index in [9.17, 15) is 14.9 Å². The monoisotopic (exact) mass is 419 g/mol. The van der Waals surface area contributed by atoms with Crippen molar-refractivity contribution in [2.45, 2.75) is 0 Å². The van der Waals surface area contributed by atoms with Crippen molar-refractivity contribution in [2.24, 2.45) is 0 Å². The first kappa shape index (κ1) is 20.3. The molecule has 0 saturated carbocycles. The van der Waals surface area contributed by atoms with Crippen LogP contribution in [0.25, 0.3) is 11.4 Å². The molecule has 31 heavy (non-hydrogen) atoms. The number of hydrogen-bond acceptors (Lipinski definition) is 7. The lowest BCUT2D eigenvalue weighted by molar-refractivity contribution is -0.385. The third kappa shape index (κ3) is 4.30. The van der Waals surface area contributed by atoms with E-state index in [2.05, 4.69) is 14.9 Å². The number of nitro benzene ring substituents is 1. The highest BCUT2D eigenvalue weighted by molar-refractivity contribution is 5.95. The van der Waals surface area contributed by atoms with Crippen LogP contribution in [-0.2, 0) is 0 Å². The molecule has 3 aromatic rings. The van der Waals surface area contributed by atoms with Gasteiger partial charge in [-0.2, -0.15) is 0 Å². The molecule has 9 nitrogen and oxygen atoms in total. The number of amides is 1. The average molecular weight is 419 g/mol. The first-order chi connectivity index (χ1) is 15.1. The number of piperazine rings is 1. The zero-order valence-corrected chi connectivity index (χ0v) is 17.0. The molecular formula is C22H21N5O4. The molecule has 1 aliphatic heterocycles. The molecule has 0 N–H and O–H groups in total. The van der Waals surface area contributed by atoms with Gasteiger partial charge in [-0.15, -0.1) is 0 Å². The molecular weight excluding hydrogens is 398 g/mol. The molecule has 4 rings (SSSR count). The molecule has 2 heterocycles. The van der Waals surface area contributed by atoms with E-state index in [0.717, 1.165) is 11.4 Å². The number of aromatic nitrogens is 2. The second kappa shape index (κ2) is 8.78. The minimum absolute atomic E-state index is 0.129. The lowest BCUT2D eigenvalue weighted by atomic mass is 10.1. The van der Waals surface area contributed by atoms with Crippen LogP contribution in [-0.4, -0.2) is 59.0 Å². The van der Waals surface area contributed by atoms with Crippen LogP contribution < -0.4 is 9.64 Å². The summed E-state index contributed by atoms with van der Waals surface area (Å²) >= 11 is 0. The van der Waals surface area contributed by atoms with Crippen LogP contribution in [0.1, 0.15) is 10.4 Å². The maximum Gasteiger partial charge on any atom is 0.311 e. The molecule has 1 fully saturated rings. The van der Waals surface area contributed by atoms with Gasteiger partial charge in [0.1, 0.15) is 5.82 Å². The topological polar surface area (TPSA) is 102 Å². The summed E-state index contributed by atoms with van der Waals surface area (Å²) < 4.78 is 5.01. The maximum absolute atomic E-state index is 12.9. The third-order valence-corrected chi connectivity index (χ3v) is 5.19. The second-order valence-corrected chi connectivity index (χ2v) is 7.03. The Kier molecular flexibility index (Phi) is 5.74. The fourth-order valence-electron chi connectivity index (χ4n) is 3.54. The minimum atomic E-state index is -0.549. The Bertz CT molecular complexity index is 1100. The summed E-state index contributed by atoms with van der Waals surface area (Å²) in [6.45, 7) is 2.19. The van der Waals surface area contributed by atoms with E-state index in [1.165, 1.54) is 19.2 Å². The zero-order valence-electron chi connectivity index (χ0n) is 17.0. The predicted octanol–water partition coefficient (Wildman–Crippen LogP) is 3.02. The number of nitrogens with zero attached hydrogens (tertiary/aromatic N) is 5. The van der Waals surface area contributed by atoms with Gasteiger partial charge in [0, 0.05) is 49.6 Å². The lowest BCUT2D eigenvalue weighted by Crippen LogP contribution is -2.49. The Balaban J connectivity index is 1.45. The van der Waals surface area contributed by atoms with Gasteiger partial charge in [-0.1, -0.05) is 30.3 Å². The van der Waals surface area contributed by atoms with Crippen LogP contribution in [0, 0.1) is 10.1 Å². The SMILES string of the molecule is COc1ccc(C(=O)N2CCN(c3ccnc(-c4ccccc4)n3)CC2)cc1[N+](=O)[O-]. The normalized spacial score (nSPS) is 13.7. The summed E-state index contributed by atoms with van der Waals surface area (Å²) in [5.41, 5.74) is 0.995. The van der Waals surface area contributed by atoms with Crippen LogP contribution in [0.5, 0.6) is 5.75 Å². The van der Waals surface area contributed by atoms with Gasteiger partial charge in [0.25, 0.3) is 5.91 Å². The van der Waals surface area contributed by atoms with Gasteiger partial charge in [-0.3, -0.25) is 14.9 Å². The Morgan fingerprint density at radius 3 is 2.48 bits per heavy atom. The number of anilines is 1. The molecule has 1 aromatic heterocycles. The summed E-state index contributed by atoms with van der Waals surface area (Å²) in [6, 6.07) is 15.9. The van der Waals surface area contributed by atoms with Crippen molar-refractivity contribution in [3.05, 3.63) is 76.5 Å². The standard InChI is InChI=1S/C22H21N5O4/c1-31-19-8-7-17(15-18(19)27(29)30)22(28)26-13-11-25(12-14-26)20-9-10-23-21(24-20)16-5-3-2-4-6-16/h2-10,15H,11-14H2,1H3. The minimum Gasteiger partial charge on any atom is -0.490 e. The highest BCUT2D eigenvalue weighted by Gasteiger charge is 2.25. The van der Waals surface area contributed by atoms with Crippen molar-refractivity contribution in [1.29, 1.82) is 0 Å². The summed E-state index contributed by atoms with van der Waals surface area (Å²) in [4.78, 5) is 36.4. The van der Waals surface area contributed by atoms with E-state index < -0.39 is 4.92 Å². The van der Waals surface area contributed by atoms with Crippen LogP contribution in [0.3, 0.4) is 0 Å². The number of carbonyl (C=O) groups excluding carboxylic acids is 1. The first-order valence-electron chi connectivity index (χ1n) is 9.82. The van der Waals surface area contributed by atoms with E-state index in [1.54, 1.807) is 17.2 Å². The highest BCUT2D eigenvalue weighted by Crippen LogP contribution is 2.28. The van der Waals surface area contributed by atoms with E-state index in [4.69, 9.17) is 4.74 Å². The Morgan fingerprint density at radius 2 is 1.81 bits per heavy atom. The van der Waals surface area contributed by atoms with Gasteiger partial charge in [0.15, 0.2) is 11.6 Å². The Hall–Kier alpha value is -4.01. The van der Waals surface area contributed by atoms with Crippen molar-refractivity contribution in [2.75, 3.05) is 38.2 Å². The smallest absolute Gasteiger partial charge is 0.311 e. The molecule has 1 saturated heterocycles. The van der Waals surface area contributed by atoms with Gasteiger partial charge >= 0.3 is 5.69 Å². The largest absolute Gasteiger partial charge is 0.490 e. The van der Waals surface area contributed by atoms with E-state index in [1.807, 2.05) is 36.4 Å². The van der Waals surface area contributed by atoms with Crippen LogP contribution in [0.2, 0.25) is 0 Å². The first-order valence-corrected chi connectivity index (χ1v) is 9.82. The van der Waals surface area contributed by atoms with Crippen molar-refractivity contribution >= 4 is 17.4 Å². The molecule has 0 bridgehead atoms. The Labute approximate surface area is 179 Å². The predicted molar refractivity (Wildman–Crippen MR) is 115 cm³/mol. The molecule has 0 spiro atoms. The quantitative estimate of drug-likeness (QED) is 0.463. The van der Waals surface area contributed by atoms with E-state index >= 15 is 0 Å². The summed E-state index contributed by atoms with van der Waals surface area (Å²) in [5.74, 6) is 1.35. The molecule has 0 atom stereocenters. The van der Waals surface area contributed by atoms with Gasteiger partial charge in [-0.05, 0) is 18.2 Å². The number of rotatable bonds is 5. The van der Waals surface area contributed by atoms with Gasteiger partial charge in [0.2, 0.25) is 0 Å². The van der Waals surface area contributed by atoms with Crippen LogP contribution in [0.4, 0.5) is 11.5 Å². The van der Waals surface area contributed by atoms with Crippen molar-refractivity contribution in [3.8, 4) is 17.1 Å². The fourth-order valence-corrected chi connectivity index (χ4v) is 3.54. The molecule has 158 valence electrons. The molecule has 0 unspecified atom stereocenters. The fraction of sp³-hybridized carbons (Fsp3) is 0.227. The van der Waals surface area contributed by atoms with Crippen molar-refractivity contribution < 1.29 is 14.5 Å². The Morgan fingerprint density at radius 1 is 1.06 bits per heavy atom. The van der Waals surface area contributed by atoms with Crippen LogP contribution >= 0.6 is 0 Å². The summed E-state index contributed by atoms with van der Waals surface area (Å²) in [5, 5.41) is 11.2. The number of hydrogen-bond donors (Lipinski definition) is 0. The number of benzene rings is 2. The molecule has 1 amide bonds. The number of nitro groups is 1. The van der Waals surface area contributed by atoms with E-state index in [0.29, 0.717) is 32.0 Å².